The second-order valence-corrected chi connectivity index (χ2v) is 4.77. The average molecular weight is 249 g/mol. The van der Waals surface area contributed by atoms with Gasteiger partial charge < -0.3 is 15.7 Å². The van der Waals surface area contributed by atoms with Crippen LogP contribution in [-0.4, -0.2) is 29.1 Å². The Morgan fingerprint density at radius 3 is 2.94 bits per heavy atom. The highest BCUT2D eigenvalue weighted by Gasteiger charge is 2.17. The van der Waals surface area contributed by atoms with Gasteiger partial charge in [0.1, 0.15) is 0 Å². The Kier molecular flexibility index (Phi) is 4.15. The molecule has 1 fully saturated rings. The fourth-order valence-corrected chi connectivity index (χ4v) is 2.17. The maximum Gasteiger partial charge on any atom is 0.225 e. The van der Waals surface area contributed by atoms with Crippen molar-refractivity contribution in [3.05, 3.63) is 17.8 Å². The Morgan fingerprint density at radius 1 is 1.50 bits per heavy atom. The molecule has 0 bridgehead atoms. The van der Waals surface area contributed by atoms with Gasteiger partial charge in [0.05, 0.1) is 0 Å². The molecule has 2 heterocycles. The van der Waals surface area contributed by atoms with Crippen molar-refractivity contribution >= 4 is 11.7 Å². The first-order valence-corrected chi connectivity index (χ1v) is 6.32. The van der Waals surface area contributed by atoms with Gasteiger partial charge in [0.15, 0.2) is 11.6 Å². The number of carbonyl (C=O) groups is 1. The number of pyridine rings is 1. The molecule has 1 aliphatic heterocycles. The Balaban J connectivity index is 1.92. The molecule has 0 atom stereocenters. The summed E-state index contributed by atoms with van der Waals surface area (Å²) >= 11 is 0. The third-order valence-electron chi connectivity index (χ3n) is 3.20. The summed E-state index contributed by atoms with van der Waals surface area (Å²) in [4.78, 5) is 16.0. The van der Waals surface area contributed by atoms with E-state index in [0.29, 0.717) is 12.3 Å². The predicted molar refractivity (Wildman–Crippen MR) is 69.5 cm³/mol. The van der Waals surface area contributed by atoms with Crippen LogP contribution in [0.25, 0.3) is 0 Å². The third-order valence-corrected chi connectivity index (χ3v) is 3.20. The zero-order chi connectivity index (χ0) is 13.0. The zero-order valence-electron chi connectivity index (χ0n) is 10.6. The van der Waals surface area contributed by atoms with E-state index in [1.54, 1.807) is 12.1 Å². The standard InChI is InChI=1S/C13H19N3O2/c1-9-2-3-11(17)13(15-9)16-12(18)8-10-4-6-14-7-5-10/h2-3,10,14,17H,4-8H2,1H3,(H,15,16,18). The van der Waals surface area contributed by atoms with E-state index < -0.39 is 0 Å². The van der Waals surface area contributed by atoms with Crippen LogP contribution >= 0.6 is 0 Å². The molecule has 5 heteroatoms. The number of carbonyl (C=O) groups excluding carboxylic acids is 1. The molecule has 5 nitrogen and oxygen atoms in total. The van der Waals surface area contributed by atoms with Crippen molar-refractivity contribution in [2.45, 2.75) is 26.2 Å². The van der Waals surface area contributed by atoms with Crippen LogP contribution in [0.4, 0.5) is 5.82 Å². The average Bonchev–Trinajstić information content (AvgIpc) is 2.35. The molecule has 1 amide bonds. The smallest absolute Gasteiger partial charge is 0.225 e. The molecule has 3 N–H and O–H groups in total. The molecule has 0 saturated carbocycles. The fourth-order valence-electron chi connectivity index (χ4n) is 2.17. The Hall–Kier alpha value is -1.62. The minimum Gasteiger partial charge on any atom is -0.504 e. The lowest BCUT2D eigenvalue weighted by molar-refractivity contribution is -0.117. The quantitative estimate of drug-likeness (QED) is 0.757. The molecule has 18 heavy (non-hydrogen) atoms. The molecule has 98 valence electrons. The fraction of sp³-hybridized carbons (Fsp3) is 0.538. The molecule has 1 aliphatic rings. The van der Waals surface area contributed by atoms with E-state index in [1.807, 2.05) is 6.92 Å². The molecule has 1 saturated heterocycles. The number of hydrogen-bond acceptors (Lipinski definition) is 4. The summed E-state index contributed by atoms with van der Waals surface area (Å²) < 4.78 is 0. The molecule has 0 aliphatic carbocycles. The van der Waals surface area contributed by atoms with Crippen LogP contribution in [0.2, 0.25) is 0 Å². The minimum absolute atomic E-state index is 0.0132. The van der Waals surface area contributed by atoms with Crippen molar-refractivity contribution in [1.82, 2.24) is 10.3 Å². The minimum atomic E-state index is -0.0738. The third kappa shape index (κ3) is 3.43. The van der Waals surface area contributed by atoms with Crippen LogP contribution in [0.15, 0.2) is 12.1 Å². The van der Waals surface area contributed by atoms with Crippen molar-refractivity contribution in [2.75, 3.05) is 18.4 Å². The van der Waals surface area contributed by atoms with Crippen LogP contribution in [0.3, 0.4) is 0 Å². The number of rotatable bonds is 3. The SMILES string of the molecule is Cc1ccc(O)c(NC(=O)CC2CCNCC2)n1. The second-order valence-electron chi connectivity index (χ2n) is 4.77. The van der Waals surface area contributed by atoms with Gasteiger partial charge in [-0.15, -0.1) is 0 Å². The normalized spacial score (nSPS) is 16.5. The Bertz CT molecular complexity index is 428. The molecular formula is C13H19N3O2. The van der Waals surface area contributed by atoms with Gasteiger partial charge in [-0.3, -0.25) is 4.79 Å². The number of nitrogens with zero attached hydrogens (tertiary/aromatic N) is 1. The Morgan fingerprint density at radius 2 is 2.22 bits per heavy atom. The lowest BCUT2D eigenvalue weighted by Crippen LogP contribution is -2.30. The van der Waals surface area contributed by atoms with Crippen molar-refractivity contribution in [3.63, 3.8) is 0 Å². The topological polar surface area (TPSA) is 74.2 Å². The number of aromatic nitrogens is 1. The van der Waals surface area contributed by atoms with Gasteiger partial charge in [-0.05, 0) is 50.9 Å². The molecule has 0 spiro atoms. The monoisotopic (exact) mass is 249 g/mol. The van der Waals surface area contributed by atoms with Crippen molar-refractivity contribution in [3.8, 4) is 5.75 Å². The molecular weight excluding hydrogens is 230 g/mol. The van der Waals surface area contributed by atoms with Crippen LogP contribution in [0, 0.1) is 12.8 Å². The summed E-state index contributed by atoms with van der Waals surface area (Å²) in [7, 11) is 0. The van der Waals surface area contributed by atoms with E-state index in [9.17, 15) is 9.90 Å². The number of amides is 1. The number of anilines is 1. The highest BCUT2D eigenvalue weighted by atomic mass is 16.3. The number of aryl methyl sites for hydroxylation is 1. The first kappa shape index (κ1) is 12.8. The van der Waals surface area contributed by atoms with E-state index in [0.717, 1.165) is 31.6 Å². The summed E-state index contributed by atoms with van der Waals surface area (Å²) in [6.45, 7) is 3.78. The molecule has 0 aromatic carbocycles. The lowest BCUT2D eigenvalue weighted by atomic mass is 9.94. The maximum atomic E-state index is 11.9. The van der Waals surface area contributed by atoms with E-state index >= 15 is 0 Å². The van der Waals surface area contributed by atoms with Gasteiger partial charge in [0.25, 0.3) is 0 Å². The summed E-state index contributed by atoms with van der Waals surface area (Å²) in [5.74, 6) is 0.627. The van der Waals surface area contributed by atoms with E-state index in [2.05, 4.69) is 15.6 Å². The number of nitrogens with one attached hydrogen (secondary N) is 2. The molecule has 1 aromatic heterocycles. The second kappa shape index (κ2) is 5.82. The van der Waals surface area contributed by atoms with Gasteiger partial charge in [0.2, 0.25) is 5.91 Å². The molecule has 0 unspecified atom stereocenters. The molecule has 2 rings (SSSR count). The van der Waals surface area contributed by atoms with Crippen LogP contribution in [0.1, 0.15) is 25.0 Å². The summed E-state index contributed by atoms with van der Waals surface area (Å²) in [6.07, 6.45) is 2.55. The number of piperidine rings is 1. The van der Waals surface area contributed by atoms with Crippen molar-refractivity contribution in [1.29, 1.82) is 0 Å². The zero-order valence-corrected chi connectivity index (χ0v) is 10.6. The van der Waals surface area contributed by atoms with Gasteiger partial charge in [0, 0.05) is 12.1 Å². The first-order valence-electron chi connectivity index (χ1n) is 6.32. The van der Waals surface area contributed by atoms with Crippen LogP contribution in [0.5, 0.6) is 5.75 Å². The summed E-state index contributed by atoms with van der Waals surface area (Å²) in [5.41, 5.74) is 0.768. The van der Waals surface area contributed by atoms with Crippen molar-refractivity contribution < 1.29 is 9.90 Å². The predicted octanol–water partition coefficient (Wildman–Crippen LogP) is 1.42. The van der Waals surface area contributed by atoms with Crippen molar-refractivity contribution in [2.24, 2.45) is 5.92 Å². The molecule has 0 radical (unpaired) electrons. The van der Waals surface area contributed by atoms with Gasteiger partial charge in [-0.25, -0.2) is 4.98 Å². The van der Waals surface area contributed by atoms with E-state index in [4.69, 9.17) is 0 Å². The summed E-state index contributed by atoms with van der Waals surface area (Å²) in [6, 6.07) is 3.25. The maximum absolute atomic E-state index is 11.9. The molecule has 1 aromatic rings. The van der Waals surface area contributed by atoms with E-state index in [-0.39, 0.29) is 17.5 Å². The number of hydrogen-bond donors (Lipinski definition) is 3. The number of aromatic hydroxyl groups is 1. The van der Waals surface area contributed by atoms with E-state index in [1.165, 1.54) is 0 Å². The first-order chi connectivity index (χ1) is 8.65. The van der Waals surface area contributed by atoms with Gasteiger partial charge >= 0.3 is 0 Å². The lowest BCUT2D eigenvalue weighted by Gasteiger charge is -2.21. The highest BCUT2D eigenvalue weighted by Crippen LogP contribution is 2.22. The summed E-state index contributed by atoms with van der Waals surface area (Å²) in [5, 5.41) is 15.6. The highest BCUT2D eigenvalue weighted by molar-refractivity contribution is 5.91. The largest absolute Gasteiger partial charge is 0.504 e. The van der Waals surface area contributed by atoms with Gasteiger partial charge in [-0.2, -0.15) is 0 Å². The van der Waals surface area contributed by atoms with Crippen LogP contribution in [-0.2, 0) is 4.79 Å². The van der Waals surface area contributed by atoms with Gasteiger partial charge in [-0.1, -0.05) is 0 Å². The van der Waals surface area contributed by atoms with Crippen LogP contribution < -0.4 is 10.6 Å². The Labute approximate surface area is 107 Å².